The molecule has 6 nitrogen and oxygen atoms in total. The number of carbonyl (C=O) groups is 2. The number of fused-ring (bicyclic) bond motifs is 3. The molecule has 2 bridgehead atoms. The first-order valence-electron chi connectivity index (χ1n) is 11.4. The maximum Gasteiger partial charge on any atom is 0.304 e. The summed E-state index contributed by atoms with van der Waals surface area (Å²) in [5, 5.41) is 10.4. The molecule has 0 saturated heterocycles. The number of methoxy groups -OCH3 is 1. The normalized spacial score (nSPS) is 40.5. The van der Waals surface area contributed by atoms with Crippen LogP contribution < -0.4 is 4.74 Å². The SMILES string of the molecule is COc1ccc2c(c1)CC[C@@H]1[C@@H]2CC[C@]2(C)[C@@]3(OC(C)=O)C=C[C@]12C[C@]3(C#N)OC(C)=O. The second kappa shape index (κ2) is 6.60. The van der Waals surface area contributed by atoms with Gasteiger partial charge in [0.05, 0.1) is 7.11 Å². The number of hydrogen-bond donors (Lipinski definition) is 0. The predicted octanol–water partition coefficient (Wildman–Crippen LogP) is 4.23. The summed E-state index contributed by atoms with van der Waals surface area (Å²) in [6.07, 6.45) is 7.98. The maximum absolute atomic E-state index is 12.3. The van der Waals surface area contributed by atoms with Gasteiger partial charge in [0, 0.05) is 31.1 Å². The monoisotopic (exact) mass is 435 g/mol. The molecule has 6 heteroatoms. The van der Waals surface area contributed by atoms with Crippen LogP contribution in [0.3, 0.4) is 0 Å². The fraction of sp³-hybridized carbons (Fsp3) is 0.577. The Labute approximate surface area is 188 Å². The van der Waals surface area contributed by atoms with Crippen LogP contribution in [0, 0.1) is 28.1 Å². The van der Waals surface area contributed by atoms with Crippen LogP contribution in [-0.2, 0) is 25.5 Å². The van der Waals surface area contributed by atoms with Gasteiger partial charge in [-0.05, 0) is 66.9 Å². The van der Waals surface area contributed by atoms with Crippen molar-refractivity contribution in [3.8, 4) is 11.8 Å². The van der Waals surface area contributed by atoms with E-state index in [0.29, 0.717) is 12.3 Å². The highest BCUT2D eigenvalue weighted by Gasteiger charge is 2.84. The van der Waals surface area contributed by atoms with Crippen molar-refractivity contribution in [2.45, 2.75) is 70.0 Å². The molecular formula is C26H29NO5. The molecule has 0 amide bonds. The van der Waals surface area contributed by atoms with E-state index in [1.807, 2.05) is 12.1 Å². The lowest BCUT2D eigenvalue weighted by atomic mass is 9.48. The number of carbonyl (C=O) groups excluding carboxylic acids is 2. The van der Waals surface area contributed by atoms with Crippen molar-refractivity contribution >= 4 is 11.9 Å². The molecule has 0 unspecified atom stereocenters. The molecule has 4 aliphatic carbocycles. The molecule has 0 heterocycles. The van der Waals surface area contributed by atoms with Gasteiger partial charge in [-0.3, -0.25) is 9.59 Å². The van der Waals surface area contributed by atoms with Gasteiger partial charge in [-0.15, -0.1) is 0 Å². The van der Waals surface area contributed by atoms with E-state index in [1.54, 1.807) is 7.11 Å². The van der Waals surface area contributed by atoms with Gasteiger partial charge < -0.3 is 14.2 Å². The molecule has 0 aromatic heterocycles. The third-order valence-electron chi connectivity index (χ3n) is 8.98. The molecule has 0 radical (unpaired) electrons. The zero-order valence-electron chi connectivity index (χ0n) is 19.1. The topological polar surface area (TPSA) is 85.6 Å². The second-order valence-corrected chi connectivity index (χ2v) is 10.1. The lowest BCUT2D eigenvalue weighted by Crippen LogP contribution is -2.60. The standard InChI is InChI=1S/C26H29NO5/c1-16(28)31-25(15-27)14-24-11-12-26(25,32-17(2)29)23(24,3)10-9-21-20-7-6-19(30-4)13-18(20)5-8-22(21)24/h6-7,11-13,21-22H,5,8-10,14H2,1-4H3/t21-,22-,23+,24+,25-,26+/m1/s1. The number of benzene rings is 1. The van der Waals surface area contributed by atoms with Gasteiger partial charge in [-0.25, -0.2) is 0 Å². The van der Waals surface area contributed by atoms with Gasteiger partial charge in [-0.2, -0.15) is 5.26 Å². The Bertz CT molecular complexity index is 1090. The molecule has 5 rings (SSSR count). The average Bonchev–Trinajstić information content (AvgIpc) is 3.10. The summed E-state index contributed by atoms with van der Waals surface area (Å²) < 4.78 is 17.2. The third-order valence-corrected chi connectivity index (χ3v) is 8.98. The van der Waals surface area contributed by atoms with Crippen molar-refractivity contribution < 1.29 is 23.8 Å². The number of nitrogens with zero attached hydrogens (tertiary/aromatic N) is 1. The van der Waals surface area contributed by atoms with E-state index in [1.165, 1.54) is 25.0 Å². The molecular weight excluding hydrogens is 406 g/mol. The molecule has 1 aromatic rings. The van der Waals surface area contributed by atoms with Crippen LogP contribution in [0.4, 0.5) is 0 Å². The molecule has 32 heavy (non-hydrogen) atoms. The number of esters is 2. The quantitative estimate of drug-likeness (QED) is 0.522. The predicted molar refractivity (Wildman–Crippen MR) is 116 cm³/mol. The minimum absolute atomic E-state index is 0.265. The molecule has 168 valence electrons. The first-order chi connectivity index (χ1) is 15.2. The molecule has 0 N–H and O–H groups in total. The molecule has 0 spiro atoms. The van der Waals surface area contributed by atoms with E-state index in [0.717, 1.165) is 31.4 Å². The summed E-state index contributed by atoms with van der Waals surface area (Å²) in [5.74, 6) is 0.468. The summed E-state index contributed by atoms with van der Waals surface area (Å²) in [6, 6.07) is 8.64. The molecule has 2 fully saturated rings. The van der Waals surface area contributed by atoms with Crippen molar-refractivity contribution in [1.82, 2.24) is 0 Å². The van der Waals surface area contributed by atoms with Crippen molar-refractivity contribution in [1.29, 1.82) is 5.26 Å². The van der Waals surface area contributed by atoms with Crippen LogP contribution in [0.2, 0.25) is 0 Å². The highest BCUT2D eigenvalue weighted by molar-refractivity contribution is 5.71. The van der Waals surface area contributed by atoms with Crippen molar-refractivity contribution in [2.75, 3.05) is 7.11 Å². The second-order valence-electron chi connectivity index (χ2n) is 10.1. The molecule has 1 aromatic carbocycles. The Morgan fingerprint density at radius 2 is 1.88 bits per heavy atom. The van der Waals surface area contributed by atoms with Crippen molar-refractivity contribution in [3.63, 3.8) is 0 Å². The summed E-state index contributed by atoms with van der Waals surface area (Å²) in [5.41, 5.74) is -1.06. The van der Waals surface area contributed by atoms with Gasteiger partial charge in [0.25, 0.3) is 0 Å². The van der Waals surface area contributed by atoms with Gasteiger partial charge in [0.1, 0.15) is 11.8 Å². The van der Waals surface area contributed by atoms with Crippen molar-refractivity contribution in [2.24, 2.45) is 16.7 Å². The largest absolute Gasteiger partial charge is 0.497 e. The van der Waals surface area contributed by atoms with Gasteiger partial charge in [-0.1, -0.05) is 19.1 Å². The highest BCUT2D eigenvalue weighted by Crippen LogP contribution is 2.78. The Hall–Kier alpha value is -2.81. The van der Waals surface area contributed by atoms with Crippen LogP contribution in [0.5, 0.6) is 5.75 Å². The first-order valence-corrected chi connectivity index (χ1v) is 11.4. The first kappa shape index (κ1) is 21.1. The molecule has 2 saturated carbocycles. The Balaban J connectivity index is 1.66. The number of allylic oxidation sites excluding steroid dienone is 1. The number of nitriles is 1. The molecule has 6 atom stereocenters. The Morgan fingerprint density at radius 1 is 1.12 bits per heavy atom. The minimum atomic E-state index is -1.52. The fourth-order valence-electron chi connectivity index (χ4n) is 7.83. The van der Waals surface area contributed by atoms with Crippen LogP contribution in [0.15, 0.2) is 30.4 Å². The zero-order chi connectivity index (χ0) is 22.9. The lowest BCUT2D eigenvalue weighted by molar-refractivity contribution is -0.200. The third kappa shape index (κ3) is 2.29. The van der Waals surface area contributed by atoms with Crippen molar-refractivity contribution in [3.05, 3.63) is 41.5 Å². The van der Waals surface area contributed by atoms with E-state index in [4.69, 9.17) is 14.2 Å². The van der Waals surface area contributed by atoms with Crippen LogP contribution in [0.25, 0.3) is 0 Å². The minimum Gasteiger partial charge on any atom is -0.497 e. The smallest absolute Gasteiger partial charge is 0.304 e. The van der Waals surface area contributed by atoms with Gasteiger partial charge >= 0.3 is 11.9 Å². The molecule has 4 aliphatic rings. The van der Waals surface area contributed by atoms with E-state index in [2.05, 4.69) is 31.2 Å². The van der Waals surface area contributed by atoms with Crippen LogP contribution in [0.1, 0.15) is 63.5 Å². The summed E-state index contributed by atoms with van der Waals surface area (Å²) in [4.78, 5) is 24.4. The summed E-state index contributed by atoms with van der Waals surface area (Å²) in [6.45, 7) is 4.79. The summed E-state index contributed by atoms with van der Waals surface area (Å²) >= 11 is 0. The van der Waals surface area contributed by atoms with Gasteiger partial charge in [0.15, 0.2) is 5.60 Å². The number of hydrogen-bond acceptors (Lipinski definition) is 6. The van der Waals surface area contributed by atoms with Crippen LogP contribution >= 0.6 is 0 Å². The fourth-order valence-corrected chi connectivity index (χ4v) is 7.83. The molecule has 0 aliphatic heterocycles. The van der Waals surface area contributed by atoms with E-state index >= 15 is 0 Å². The number of aryl methyl sites for hydroxylation is 1. The number of rotatable bonds is 3. The maximum atomic E-state index is 12.3. The Morgan fingerprint density at radius 3 is 2.53 bits per heavy atom. The average molecular weight is 436 g/mol. The van der Waals surface area contributed by atoms with E-state index < -0.39 is 34.0 Å². The van der Waals surface area contributed by atoms with E-state index in [9.17, 15) is 14.9 Å². The highest BCUT2D eigenvalue weighted by atomic mass is 16.6. The van der Waals surface area contributed by atoms with Crippen LogP contribution in [-0.4, -0.2) is 30.3 Å². The Kier molecular flexibility index (Phi) is 4.34. The zero-order valence-corrected chi connectivity index (χ0v) is 19.1. The van der Waals surface area contributed by atoms with E-state index in [-0.39, 0.29) is 5.92 Å². The van der Waals surface area contributed by atoms with Gasteiger partial charge in [0.2, 0.25) is 5.60 Å². The lowest BCUT2D eigenvalue weighted by Gasteiger charge is -2.56. The summed E-state index contributed by atoms with van der Waals surface area (Å²) in [7, 11) is 1.69. The number of ether oxygens (including phenoxy) is 3.